The average molecular weight is 362 g/mol. The highest BCUT2D eigenvalue weighted by Crippen LogP contribution is 2.23. The number of amides is 1. The van der Waals surface area contributed by atoms with Crippen molar-refractivity contribution in [2.24, 2.45) is 0 Å². The van der Waals surface area contributed by atoms with Crippen molar-refractivity contribution in [3.8, 4) is 0 Å². The number of aromatic nitrogens is 2. The highest BCUT2D eigenvalue weighted by molar-refractivity contribution is 7.92. The van der Waals surface area contributed by atoms with Gasteiger partial charge in [0.05, 0.1) is 22.2 Å². The van der Waals surface area contributed by atoms with E-state index in [9.17, 15) is 13.2 Å². The van der Waals surface area contributed by atoms with Crippen LogP contribution in [0, 0.1) is 0 Å². The second kappa shape index (κ2) is 7.60. The summed E-state index contributed by atoms with van der Waals surface area (Å²) in [5.74, 6) is -0.195. The summed E-state index contributed by atoms with van der Waals surface area (Å²) in [6.45, 7) is 5.82. The fourth-order valence-corrected chi connectivity index (χ4v) is 3.01. The quantitative estimate of drug-likeness (QED) is 0.761. The first kappa shape index (κ1) is 18.9. The Kier molecular flexibility index (Phi) is 5.73. The number of pyridine rings is 2. The monoisotopic (exact) mass is 362 g/mol. The van der Waals surface area contributed by atoms with Crippen LogP contribution in [-0.2, 0) is 9.84 Å². The lowest BCUT2D eigenvalue weighted by atomic mass is 10.3. The van der Waals surface area contributed by atoms with Crippen LogP contribution in [0.1, 0.15) is 31.1 Å². The van der Waals surface area contributed by atoms with Gasteiger partial charge in [-0.2, -0.15) is 0 Å². The second-order valence-electron chi connectivity index (χ2n) is 6.43. The molecule has 0 aliphatic carbocycles. The average Bonchev–Trinajstić information content (AvgIpc) is 2.58. The number of hydrogen-bond donors (Lipinski definition) is 2. The van der Waals surface area contributed by atoms with Gasteiger partial charge in [-0.1, -0.05) is 0 Å². The van der Waals surface area contributed by atoms with Crippen LogP contribution < -0.4 is 10.6 Å². The number of nitrogens with zero attached hydrogens (tertiary/aromatic N) is 2. The summed E-state index contributed by atoms with van der Waals surface area (Å²) in [6, 6.07) is 6.53. The number of rotatable bonds is 6. The molecule has 8 heteroatoms. The highest BCUT2D eigenvalue weighted by atomic mass is 32.2. The predicted molar refractivity (Wildman–Crippen MR) is 96.2 cm³/mol. The Balaban J connectivity index is 1.85. The molecule has 7 nitrogen and oxygen atoms in total. The van der Waals surface area contributed by atoms with Gasteiger partial charge >= 0.3 is 0 Å². The van der Waals surface area contributed by atoms with Gasteiger partial charge in [-0.05, 0) is 45.0 Å². The Hall–Kier alpha value is -2.48. The maximum Gasteiger partial charge on any atom is 0.252 e. The smallest absolute Gasteiger partial charge is 0.252 e. The van der Waals surface area contributed by atoms with Gasteiger partial charge in [0.15, 0.2) is 14.9 Å². The van der Waals surface area contributed by atoms with Crippen molar-refractivity contribution in [1.29, 1.82) is 0 Å². The maximum atomic E-state index is 12.3. The van der Waals surface area contributed by atoms with Gasteiger partial charge in [0.25, 0.3) is 5.91 Å². The molecule has 1 amide bonds. The first-order valence-corrected chi connectivity index (χ1v) is 9.33. The molecule has 0 bridgehead atoms. The maximum absolute atomic E-state index is 12.3. The molecular formula is C17H22N4O3S. The summed E-state index contributed by atoms with van der Waals surface area (Å²) in [6.07, 6.45) is 4.58. The Morgan fingerprint density at radius 2 is 1.88 bits per heavy atom. The molecule has 25 heavy (non-hydrogen) atoms. The molecule has 2 aromatic heterocycles. The minimum absolute atomic E-state index is 0.0513. The summed E-state index contributed by atoms with van der Waals surface area (Å²) in [7, 11) is -3.46. The SMILES string of the molecule is CC(C)(C)S(=O)(=O)c1ccc(NCCNC(=O)c2cccnc2)cn1. The molecular weight excluding hydrogens is 340 g/mol. The third kappa shape index (κ3) is 4.76. The topological polar surface area (TPSA) is 101 Å². The highest BCUT2D eigenvalue weighted by Gasteiger charge is 2.31. The molecule has 0 saturated carbocycles. The van der Waals surface area contributed by atoms with Crippen LogP contribution in [0.5, 0.6) is 0 Å². The van der Waals surface area contributed by atoms with E-state index in [2.05, 4.69) is 20.6 Å². The summed E-state index contributed by atoms with van der Waals surface area (Å²) >= 11 is 0. The van der Waals surface area contributed by atoms with Gasteiger partial charge in [0.2, 0.25) is 0 Å². The fourth-order valence-electron chi connectivity index (χ4n) is 1.94. The zero-order valence-corrected chi connectivity index (χ0v) is 15.3. The molecule has 0 aliphatic heterocycles. The van der Waals surface area contributed by atoms with Gasteiger partial charge in [0.1, 0.15) is 0 Å². The first-order chi connectivity index (χ1) is 11.7. The van der Waals surface area contributed by atoms with E-state index in [0.717, 1.165) is 0 Å². The van der Waals surface area contributed by atoms with Crippen molar-refractivity contribution in [3.05, 3.63) is 48.4 Å². The number of nitrogens with one attached hydrogen (secondary N) is 2. The molecule has 134 valence electrons. The predicted octanol–water partition coefficient (Wildman–Crippen LogP) is 1.89. The van der Waals surface area contributed by atoms with Crippen molar-refractivity contribution in [1.82, 2.24) is 15.3 Å². The van der Waals surface area contributed by atoms with Crippen LogP contribution in [0.3, 0.4) is 0 Å². The molecule has 2 N–H and O–H groups in total. The standard InChI is InChI=1S/C17H22N4O3S/c1-17(2,3)25(23,24)15-7-6-14(12-21-15)19-9-10-20-16(22)13-5-4-8-18-11-13/h4-8,11-12,19H,9-10H2,1-3H3,(H,20,22). The van der Waals surface area contributed by atoms with Crippen LogP contribution in [-0.4, -0.2) is 42.1 Å². The Labute approximate surface area is 147 Å². The van der Waals surface area contributed by atoms with Gasteiger partial charge in [-0.3, -0.25) is 9.78 Å². The number of carbonyl (C=O) groups is 1. The summed E-state index contributed by atoms with van der Waals surface area (Å²) in [5, 5.41) is 5.90. The van der Waals surface area contributed by atoms with Gasteiger partial charge < -0.3 is 10.6 Å². The van der Waals surface area contributed by atoms with Crippen LogP contribution in [0.4, 0.5) is 5.69 Å². The first-order valence-electron chi connectivity index (χ1n) is 7.84. The summed E-state index contributed by atoms with van der Waals surface area (Å²) in [4.78, 5) is 19.8. The molecule has 0 aromatic carbocycles. The lowest BCUT2D eigenvalue weighted by molar-refractivity contribution is 0.0955. The van der Waals surface area contributed by atoms with E-state index in [1.54, 1.807) is 45.2 Å². The van der Waals surface area contributed by atoms with Gasteiger partial charge in [0, 0.05) is 25.5 Å². The molecule has 0 radical (unpaired) electrons. The number of sulfone groups is 1. The van der Waals surface area contributed by atoms with Gasteiger partial charge in [-0.25, -0.2) is 13.4 Å². The van der Waals surface area contributed by atoms with Crippen LogP contribution in [0.15, 0.2) is 47.9 Å². The molecule has 2 rings (SSSR count). The van der Waals surface area contributed by atoms with E-state index < -0.39 is 14.6 Å². The number of carbonyl (C=O) groups excluding carboxylic acids is 1. The largest absolute Gasteiger partial charge is 0.382 e. The Morgan fingerprint density at radius 1 is 1.12 bits per heavy atom. The lowest BCUT2D eigenvalue weighted by Crippen LogP contribution is -2.29. The van der Waals surface area contributed by atoms with E-state index in [1.807, 2.05) is 0 Å². The number of anilines is 1. The van der Waals surface area contributed by atoms with Crippen LogP contribution >= 0.6 is 0 Å². The molecule has 0 saturated heterocycles. The summed E-state index contributed by atoms with van der Waals surface area (Å²) < 4.78 is 23.7. The minimum atomic E-state index is -3.46. The van der Waals surface area contributed by atoms with Crippen molar-refractivity contribution < 1.29 is 13.2 Å². The van der Waals surface area contributed by atoms with Crippen molar-refractivity contribution in [3.63, 3.8) is 0 Å². The zero-order chi connectivity index (χ0) is 18.5. The van der Waals surface area contributed by atoms with Crippen molar-refractivity contribution in [2.75, 3.05) is 18.4 Å². The third-order valence-electron chi connectivity index (χ3n) is 3.48. The van der Waals surface area contributed by atoms with E-state index in [4.69, 9.17) is 0 Å². The Morgan fingerprint density at radius 3 is 2.44 bits per heavy atom. The zero-order valence-electron chi connectivity index (χ0n) is 14.5. The normalized spacial score (nSPS) is 11.8. The Bertz CT molecular complexity index is 813. The molecule has 0 unspecified atom stereocenters. The lowest BCUT2D eigenvalue weighted by Gasteiger charge is -2.18. The molecule has 2 heterocycles. The molecule has 2 aromatic rings. The van der Waals surface area contributed by atoms with Crippen LogP contribution in [0.25, 0.3) is 0 Å². The minimum Gasteiger partial charge on any atom is -0.382 e. The molecule has 0 aliphatic rings. The van der Waals surface area contributed by atoms with Crippen molar-refractivity contribution >= 4 is 21.4 Å². The van der Waals surface area contributed by atoms with Crippen LogP contribution in [0.2, 0.25) is 0 Å². The second-order valence-corrected chi connectivity index (χ2v) is 9.08. The molecule has 0 atom stereocenters. The fraction of sp³-hybridized carbons (Fsp3) is 0.353. The summed E-state index contributed by atoms with van der Waals surface area (Å²) in [5.41, 5.74) is 1.18. The van der Waals surface area contributed by atoms with Gasteiger partial charge in [-0.15, -0.1) is 0 Å². The van der Waals surface area contributed by atoms with E-state index in [1.165, 1.54) is 18.5 Å². The van der Waals surface area contributed by atoms with Crippen molar-refractivity contribution in [2.45, 2.75) is 30.5 Å². The third-order valence-corrected chi connectivity index (χ3v) is 5.89. The van der Waals surface area contributed by atoms with E-state index in [-0.39, 0.29) is 10.9 Å². The number of hydrogen-bond acceptors (Lipinski definition) is 6. The molecule has 0 spiro atoms. The van der Waals surface area contributed by atoms with E-state index >= 15 is 0 Å². The molecule has 0 fully saturated rings. The van der Waals surface area contributed by atoms with E-state index in [0.29, 0.717) is 24.3 Å².